The zero-order valence-corrected chi connectivity index (χ0v) is 9.95. The first kappa shape index (κ1) is 13.2. The predicted octanol–water partition coefficient (Wildman–Crippen LogP) is 0.964. The highest BCUT2D eigenvalue weighted by Crippen LogP contribution is 2.20. The molecule has 0 aromatic heterocycles. The molecular weight excluding hydrogens is 204 g/mol. The molecular formula is C12H22N2O2. The molecule has 0 radical (unpaired) electrons. The smallest absolute Gasteiger partial charge is 0.249 e. The standard InChI is InChI=1S/C12H22N2O2/c1-3-7-14-12(15)9(2)16-11-6-4-5-10(13)8-11/h3,9-11H,1,4-8,13H2,2H3,(H,14,15). The summed E-state index contributed by atoms with van der Waals surface area (Å²) in [4.78, 5) is 11.5. The molecule has 1 fully saturated rings. The Morgan fingerprint density at radius 2 is 2.44 bits per heavy atom. The van der Waals surface area contributed by atoms with Gasteiger partial charge in [0.05, 0.1) is 6.10 Å². The molecule has 0 aromatic rings. The minimum Gasteiger partial charge on any atom is -0.365 e. The van der Waals surface area contributed by atoms with Crippen LogP contribution in [0.4, 0.5) is 0 Å². The third-order valence-electron chi connectivity index (χ3n) is 2.85. The molecule has 16 heavy (non-hydrogen) atoms. The third-order valence-corrected chi connectivity index (χ3v) is 2.85. The molecule has 1 saturated carbocycles. The van der Waals surface area contributed by atoms with Gasteiger partial charge in [0, 0.05) is 12.6 Å². The van der Waals surface area contributed by atoms with Gasteiger partial charge in [-0.2, -0.15) is 0 Å². The van der Waals surface area contributed by atoms with Crippen molar-refractivity contribution in [3.63, 3.8) is 0 Å². The summed E-state index contributed by atoms with van der Waals surface area (Å²) in [5, 5.41) is 2.72. The van der Waals surface area contributed by atoms with Crippen molar-refractivity contribution < 1.29 is 9.53 Å². The van der Waals surface area contributed by atoms with Crippen molar-refractivity contribution in [1.29, 1.82) is 0 Å². The monoisotopic (exact) mass is 226 g/mol. The van der Waals surface area contributed by atoms with Crippen molar-refractivity contribution in [1.82, 2.24) is 5.32 Å². The van der Waals surface area contributed by atoms with Crippen LogP contribution in [0.3, 0.4) is 0 Å². The maximum Gasteiger partial charge on any atom is 0.249 e. The lowest BCUT2D eigenvalue weighted by molar-refractivity contribution is -0.136. The minimum atomic E-state index is -0.407. The lowest BCUT2D eigenvalue weighted by atomic mass is 9.93. The van der Waals surface area contributed by atoms with Gasteiger partial charge in [0.25, 0.3) is 0 Å². The summed E-state index contributed by atoms with van der Waals surface area (Å²) in [5.74, 6) is -0.0842. The maximum atomic E-state index is 11.5. The van der Waals surface area contributed by atoms with Crippen LogP contribution in [0.1, 0.15) is 32.6 Å². The van der Waals surface area contributed by atoms with Crippen LogP contribution in [-0.2, 0) is 9.53 Å². The van der Waals surface area contributed by atoms with E-state index in [0.717, 1.165) is 25.7 Å². The Bertz CT molecular complexity index is 243. The number of ether oxygens (including phenoxy) is 1. The Hall–Kier alpha value is -0.870. The molecule has 0 aromatic carbocycles. The Morgan fingerprint density at radius 3 is 3.06 bits per heavy atom. The van der Waals surface area contributed by atoms with Crippen LogP contribution >= 0.6 is 0 Å². The van der Waals surface area contributed by atoms with Crippen LogP contribution < -0.4 is 11.1 Å². The van der Waals surface area contributed by atoms with Gasteiger partial charge < -0.3 is 15.8 Å². The third kappa shape index (κ3) is 4.33. The summed E-state index contributed by atoms with van der Waals surface area (Å²) in [5.41, 5.74) is 5.86. The first-order valence-corrected chi connectivity index (χ1v) is 5.93. The molecule has 4 nitrogen and oxygen atoms in total. The van der Waals surface area contributed by atoms with Crippen LogP contribution in [0.15, 0.2) is 12.7 Å². The number of carbonyl (C=O) groups excluding carboxylic acids is 1. The number of rotatable bonds is 5. The van der Waals surface area contributed by atoms with E-state index in [1.54, 1.807) is 13.0 Å². The minimum absolute atomic E-state index is 0.0842. The quantitative estimate of drug-likeness (QED) is 0.686. The predicted molar refractivity (Wildman–Crippen MR) is 64.0 cm³/mol. The Balaban J connectivity index is 2.29. The van der Waals surface area contributed by atoms with E-state index in [4.69, 9.17) is 10.5 Å². The molecule has 1 amide bonds. The van der Waals surface area contributed by atoms with Gasteiger partial charge in [-0.15, -0.1) is 6.58 Å². The Morgan fingerprint density at radius 1 is 1.69 bits per heavy atom. The van der Waals surface area contributed by atoms with Crippen molar-refractivity contribution in [3.05, 3.63) is 12.7 Å². The SMILES string of the molecule is C=CCNC(=O)C(C)OC1CCCC(N)C1. The maximum absolute atomic E-state index is 11.5. The molecule has 1 aliphatic carbocycles. The second-order valence-corrected chi connectivity index (χ2v) is 4.36. The lowest BCUT2D eigenvalue weighted by Crippen LogP contribution is -2.40. The van der Waals surface area contributed by atoms with Crippen molar-refractivity contribution in [2.75, 3.05) is 6.54 Å². The largest absolute Gasteiger partial charge is 0.365 e. The number of nitrogens with two attached hydrogens (primary N) is 1. The summed E-state index contributed by atoms with van der Waals surface area (Å²) in [6, 6.07) is 0.224. The zero-order valence-electron chi connectivity index (χ0n) is 9.95. The Kier molecular flexibility index (Phi) is 5.49. The first-order valence-electron chi connectivity index (χ1n) is 5.93. The highest BCUT2D eigenvalue weighted by Gasteiger charge is 2.23. The molecule has 92 valence electrons. The zero-order chi connectivity index (χ0) is 12.0. The summed E-state index contributed by atoms with van der Waals surface area (Å²) in [6.07, 6.45) is 5.40. The van der Waals surface area contributed by atoms with E-state index < -0.39 is 6.10 Å². The van der Waals surface area contributed by atoms with Crippen molar-refractivity contribution in [3.8, 4) is 0 Å². The fourth-order valence-corrected chi connectivity index (χ4v) is 1.97. The molecule has 4 heteroatoms. The van der Waals surface area contributed by atoms with Gasteiger partial charge in [-0.1, -0.05) is 6.08 Å². The number of hydrogen-bond donors (Lipinski definition) is 2. The molecule has 3 atom stereocenters. The van der Waals surface area contributed by atoms with Crippen LogP contribution in [0, 0.1) is 0 Å². The number of nitrogens with one attached hydrogen (secondary N) is 1. The number of hydrogen-bond acceptors (Lipinski definition) is 3. The summed E-state index contributed by atoms with van der Waals surface area (Å²) in [7, 11) is 0. The van der Waals surface area contributed by atoms with Crippen molar-refractivity contribution in [2.45, 2.75) is 50.9 Å². The molecule has 0 aliphatic heterocycles. The summed E-state index contributed by atoms with van der Waals surface area (Å²) < 4.78 is 5.69. The topological polar surface area (TPSA) is 64.3 Å². The van der Waals surface area contributed by atoms with E-state index in [0.29, 0.717) is 6.54 Å². The van der Waals surface area contributed by atoms with Crippen LogP contribution in [0.5, 0.6) is 0 Å². The fourth-order valence-electron chi connectivity index (χ4n) is 1.97. The highest BCUT2D eigenvalue weighted by atomic mass is 16.5. The van der Waals surface area contributed by atoms with Gasteiger partial charge >= 0.3 is 0 Å². The molecule has 1 aliphatic rings. The van der Waals surface area contributed by atoms with E-state index >= 15 is 0 Å². The second kappa shape index (κ2) is 6.66. The molecule has 0 heterocycles. The van der Waals surface area contributed by atoms with Crippen LogP contribution in [0.25, 0.3) is 0 Å². The number of amides is 1. The molecule has 1 rings (SSSR count). The lowest BCUT2D eigenvalue weighted by Gasteiger charge is -2.28. The van der Waals surface area contributed by atoms with E-state index in [2.05, 4.69) is 11.9 Å². The van der Waals surface area contributed by atoms with E-state index in [1.807, 2.05) is 0 Å². The van der Waals surface area contributed by atoms with Crippen molar-refractivity contribution in [2.24, 2.45) is 5.73 Å². The molecule has 3 N–H and O–H groups in total. The normalized spacial score (nSPS) is 27.1. The molecule has 0 bridgehead atoms. The highest BCUT2D eigenvalue weighted by molar-refractivity contribution is 5.80. The Labute approximate surface area is 97.2 Å². The van der Waals surface area contributed by atoms with Gasteiger partial charge in [0.2, 0.25) is 5.91 Å². The molecule has 3 unspecified atom stereocenters. The first-order chi connectivity index (χ1) is 7.63. The van der Waals surface area contributed by atoms with E-state index in [1.165, 1.54) is 0 Å². The summed E-state index contributed by atoms with van der Waals surface area (Å²) >= 11 is 0. The van der Waals surface area contributed by atoms with E-state index in [9.17, 15) is 4.79 Å². The number of carbonyl (C=O) groups is 1. The van der Waals surface area contributed by atoms with Crippen molar-refractivity contribution >= 4 is 5.91 Å². The average Bonchev–Trinajstić information content (AvgIpc) is 2.25. The fraction of sp³-hybridized carbons (Fsp3) is 0.750. The van der Waals surface area contributed by atoms with Gasteiger partial charge in [0.1, 0.15) is 6.10 Å². The van der Waals surface area contributed by atoms with Crippen LogP contribution in [0.2, 0.25) is 0 Å². The second-order valence-electron chi connectivity index (χ2n) is 4.36. The van der Waals surface area contributed by atoms with Gasteiger partial charge in [-0.3, -0.25) is 4.79 Å². The molecule has 0 spiro atoms. The average molecular weight is 226 g/mol. The molecule has 0 saturated heterocycles. The van der Waals surface area contributed by atoms with Crippen LogP contribution in [-0.4, -0.2) is 30.7 Å². The van der Waals surface area contributed by atoms with Gasteiger partial charge in [0.15, 0.2) is 0 Å². The van der Waals surface area contributed by atoms with E-state index in [-0.39, 0.29) is 18.1 Å². The van der Waals surface area contributed by atoms with Gasteiger partial charge in [-0.25, -0.2) is 0 Å². The van der Waals surface area contributed by atoms with Gasteiger partial charge in [-0.05, 0) is 32.6 Å². The summed E-state index contributed by atoms with van der Waals surface area (Å²) in [6.45, 7) is 5.80.